The Morgan fingerprint density at radius 1 is 1.37 bits per heavy atom. The van der Waals surface area contributed by atoms with E-state index in [2.05, 4.69) is 21.2 Å². The molecule has 2 rings (SSSR count). The summed E-state index contributed by atoms with van der Waals surface area (Å²) in [6.45, 7) is 0. The van der Waals surface area contributed by atoms with Crippen LogP contribution in [-0.2, 0) is 9.53 Å². The van der Waals surface area contributed by atoms with Crippen LogP contribution in [0.15, 0.2) is 15.2 Å². The van der Waals surface area contributed by atoms with Crippen LogP contribution < -0.4 is 5.32 Å². The lowest BCUT2D eigenvalue weighted by Crippen LogP contribution is -2.37. The zero-order valence-corrected chi connectivity index (χ0v) is 13.6. The van der Waals surface area contributed by atoms with Crippen LogP contribution in [-0.4, -0.2) is 19.1 Å². The van der Waals surface area contributed by atoms with E-state index >= 15 is 0 Å². The van der Waals surface area contributed by atoms with Crippen molar-refractivity contribution in [2.75, 3.05) is 7.11 Å². The third-order valence-electron chi connectivity index (χ3n) is 3.65. The number of carbonyl (C=O) groups is 1. The molecule has 1 saturated carbocycles. The van der Waals surface area contributed by atoms with Crippen LogP contribution >= 0.6 is 27.3 Å². The van der Waals surface area contributed by atoms with Gasteiger partial charge in [-0.3, -0.25) is 5.32 Å². The summed E-state index contributed by atoms with van der Waals surface area (Å²) in [7, 11) is 1.45. The zero-order chi connectivity index (χ0) is 13.7. The first kappa shape index (κ1) is 15.0. The largest absolute Gasteiger partial charge is 0.468 e. The predicted molar refractivity (Wildman–Crippen MR) is 81.4 cm³/mol. The van der Waals surface area contributed by atoms with Crippen LogP contribution in [0.25, 0.3) is 0 Å². The smallest absolute Gasteiger partial charge is 0.327 e. The molecule has 3 nitrogen and oxygen atoms in total. The first-order valence-electron chi connectivity index (χ1n) is 6.78. The Balaban J connectivity index is 2.09. The molecule has 1 atom stereocenters. The maximum Gasteiger partial charge on any atom is 0.327 e. The number of esters is 1. The van der Waals surface area contributed by atoms with Gasteiger partial charge in [0.2, 0.25) is 0 Å². The van der Waals surface area contributed by atoms with Gasteiger partial charge in [-0.05, 0) is 34.2 Å². The van der Waals surface area contributed by atoms with Crippen LogP contribution in [0.1, 0.15) is 50.1 Å². The molecule has 0 aromatic carbocycles. The molecule has 1 unspecified atom stereocenters. The molecule has 1 aromatic rings. The van der Waals surface area contributed by atoms with Gasteiger partial charge in [0, 0.05) is 21.5 Å². The maximum atomic E-state index is 12.0. The van der Waals surface area contributed by atoms with Gasteiger partial charge in [-0.1, -0.05) is 25.7 Å². The van der Waals surface area contributed by atoms with E-state index in [0.29, 0.717) is 6.04 Å². The van der Waals surface area contributed by atoms with Gasteiger partial charge in [0.15, 0.2) is 0 Å². The molecule has 0 amide bonds. The van der Waals surface area contributed by atoms with E-state index < -0.39 is 0 Å². The number of nitrogens with one attached hydrogen (secondary N) is 1. The van der Waals surface area contributed by atoms with Gasteiger partial charge in [-0.25, -0.2) is 4.79 Å². The van der Waals surface area contributed by atoms with Crippen LogP contribution in [0, 0.1) is 0 Å². The molecule has 1 N–H and O–H groups in total. The highest BCUT2D eigenvalue weighted by atomic mass is 79.9. The Morgan fingerprint density at radius 2 is 2.05 bits per heavy atom. The van der Waals surface area contributed by atoms with Crippen molar-refractivity contribution in [1.82, 2.24) is 5.32 Å². The first-order chi connectivity index (χ1) is 9.22. The summed E-state index contributed by atoms with van der Waals surface area (Å²) in [5.74, 6) is -0.205. The average Bonchev–Trinajstić information content (AvgIpc) is 2.68. The Hall–Kier alpha value is -0.390. The standard InChI is InChI=1S/C14H20BrNO2S/c1-18-14(17)13(11-8-19-9-12(11)15)16-10-6-4-2-3-5-7-10/h8-10,13,16H,2-7H2,1H3. The van der Waals surface area contributed by atoms with Crippen LogP contribution in [0.3, 0.4) is 0 Å². The van der Waals surface area contributed by atoms with Crippen LogP contribution in [0.2, 0.25) is 0 Å². The minimum absolute atomic E-state index is 0.205. The quantitative estimate of drug-likeness (QED) is 0.661. The molecule has 1 aliphatic rings. The lowest BCUT2D eigenvalue weighted by molar-refractivity contribution is -0.143. The highest BCUT2D eigenvalue weighted by Gasteiger charge is 2.27. The highest BCUT2D eigenvalue weighted by Crippen LogP contribution is 2.29. The van der Waals surface area contributed by atoms with Crippen molar-refractivity contribution in [3.05, 3.63) is 20.8 Å². The van der Waals surface area contributed by atoms with Crippen molar-refractivity contribution in [2.24, 2.45) is 0 Å². The fourth-order valence-corrected chi connectivity index (χ4v) is 4.13. The molecule has 106 valence electrons. The topological polar surface area (TPSA) is 38.3 Å². The third kappa shape index (κ3) is 4.04. The molecular formula is C14H20BrNO2S. The van der Waals surface area contributed by atoms with E-state index in [0.717, 1.165) is 22.9 Å². The zero-order valence-electron chi connectivity index (χ0n) is 11.2. The van der Waals surface area contributed by atoms with Crippen molar-refractivity contribution in [3.8, 4) is 0 Å². The second kappa shape index (κ2) is 7.41. The Labute approximate surface area is 126 Å². The van der Waals surface area contributed by atoms with E-state index in [1.165, 1.54) is 32.8 Å². The number of hydrogen-bond acceptors (Lipinski definition) is 4. The number of thiophene rings is 1. The van der Waals surface area contributed by atoms with Crippen molar-refractivity contribution >= 4 is 33.2 Å². The average molecular weight is 346 g/mol. The lowest BCUT2D eigenvalue weighted by atomic mass is 10.1. The summed E-state index contributed by atoms with van der Waals surface area (Å²) in [6.07, 6.45) is 7.41. The monoisotopic (exact) mass is 345 g/mol. The number of methoxy groups -OCH3 is 1. The Kier molecular flexibility index (Phi) is 5.85. The minimum atomic E-state index is -0.353. The maximum absolute atomic E-state index is 12.0. The summed E-state index contributed by atoms with van der Waals surface area (Å²) in [5, 5.41) is 7.50. The Morgan fingerprint density at radius 3 is 2.58 bits per heavy atom. The molecule has 1 aliphatic carbocycles. The SMILES string of the molecule is COC(=O)C(NC1CCCCCC1)c1cscc1Br. The molecule has 5 heteroatoms. The molecule has 0 bridgehead atoms. The van der Waals surface area contributed by atoms with E-state index in [9.17, 15) is 4.79 Å². The molecular weight excluding hydrogens is 326 g/mol. The summed E-state index contributed by atoms with van der Waals surface area (Å²) < 4.78 is 5.93. The summed E-state index contributed by atoms with van der Waals surface area (Å²) in [5.41, 5.74) is 0.987. The Bertz CT molecular complexity index is 413. The molecule has 0 radical (unpaired) electrons. The number of carbonyl (C=O) groups excluding carboxylic acids is 1. The van der Waals surface area contributed by atoms with Crippen molar-refractivity contribution < 1.29 is 9.53 Å². The minimum Gasteiger partial charge on any atom is -0.468 e. The molecule has 0 saturated heterocycles. The number of halogens is 1. The van der Waals surface area contributed by atoms with Gasteiger partial charge < -0.3 is 4.74 Å². The van der Waals surface area contributed by atoms with Crippen molar-refractivity contribution in [2.45, 2.75) is 50.6 Å². The second-order valence-electron chi connectivity index (χ2n) is 4.99. The van der Waals surface area contributed by atoms with Gasteiger partial charge in [-0.2, -0.15) is 11.3 Å². The fraction of sp³-hybridized carbons (Fsp3) is 0.643. The van der Waals surface area contributed by atoms with Gasteiger partial charge in [0.05, 0.1) is 7.11 Å². The van der Waals surface area contributed by atoms with E-state index in [4.69, 9.17) is 4.74 Å². The van der Waals surface area contributed by atoms with E-state index in [1.807, 2.05) is 10.8 Å². The van der Waals surface area contributed by atoms with Crippen molar-refractivity contribution in [1.29, 1.82) is 0 Å². The normalized spacial score (nSPS) is 18.8. The fourth-order valence-electron chi connectivity index (χ4n) is 2.58. The van der Waals surface area contributed by atoms with Gasteiger partial charge in [0.25, 0.3) is 0 Å². The second-order valence-corrected chi connectivity index (χ2v) is 6.58. The number of hydrogen-bond donors (Lipinski definition) is 1. The van der Waals surface area contributed by atoms with Crippen LogP contribution in [0.5, 0.6) is 0 Å². The highest BCUT2D eigenvalue weighted by molar-refractivity contribution is 9.10. The number of rotatable bonds is 4. The predicted octanol–water partition coefficient (Wildman–Crippen LogP) is 4.04. The van der Waals surface area contributed by atoms with Gasteiger partial charge >= 0.3 is 5.97 Å². The molecule has 1 fully saturated rings. The van der Waals surface area contributed by atoms with E-state index in [1.54, 1.807) is 11.3 Å². The number of ether oxygens (including phenoxy) is 1. The summed E-state index contributed by atoms with van der Waals surface area (Å²) in [6, 6.07) is 0.0622. The molecule has 0 spiro atoms. The molecule has 1 aromatic heterocycles. The summed E-state index contributed by atoms with van der Waals surface area (Å²) >= 11 is 5.10. The van der Waals surface area contributed by atoms with E-state index in [-0.39, 0.29) is 12.0 Å². The van der Waals surface area contributed by atoms with Crippen LogP contribution in [0.4, 0.5) is 0 Å². The van der Waals surface area contributed by atoms with Gasteiger partial charge in [0.1, 0.15) is 6.04 Å². The van der Waals surface area contributed by atoms with Crippen molar-refractivity contribution in [3.63, 3.8) is 0 Å². The lowest BCUT2D eigenvalue weighted by Gasteiger charge is -2.23. The first-order valence-corrected chi connectivity index (χ1v) is 8.51. The molecule has 0 aliphatic heterocycles. The third-order valence-corrected chi connectivity index (χ3v) is 5.40. The van der Waals surface area contributed by atoms with Gasteiger partial charge in [-0.15, -0.1) is 0 Å². The summed E-state index contributed by atoms with van der Waals surface area (Å²) in [4.78, 5) is 12.0. The molecule has 1 heterocycles. The molecule has 19 heavy (non-hydrogen) atoms.